The van der Waals surface area contributed by atoms with Gasteiger partial charge in [-0.25, -0.2) is 0 Å². The topological polar surface area (TPSA) is 130 Å². The molecular formula is C56H44N4O4S4. The number of benzene rings is 8. The molecule has 0 aromatic heterocycles. The number of hydrogen-bond acceptors (Lipinski definition) is 12. The molecule has 68 heavy (non-hydrogen) atoms. The molecule has 0 unspecified atom stereocenters. The Hall–Kier alpha value is -6.96. The third-order valence-corrected chi connectivity index (χ3v) is 15.0. The van der Waals surface area contributed by atoms with Crippen molar-refractivity contribution in [1.82, 2.24) is 0 Å². The highest BCUT2D eigenvalue weighted by atomic mass is 32.2. The molecule has 8 bridgehead atoms. The Bertz CT molecular complexity index is 2760. The maximum Gasteiger partial charge on any atom is 0.143 e. The summed E-state index contributed by atoms with van der Waals surface area (Å²) in [6.45, 7) is 8.11. The van der Waals surface area contributed by atoms with Gasteiger partial charge in [-0.15, -0.1) is 0 Å². The van der Waals surface area contributed by atoms with Crippen LogP contribution < -0.4 is 0 Å². The summed E-state index contributed by atoms with van der Waals surface area (Å²) in [5.74, 6) is -0.261. The van der Waals surface area contributed by atoms with Gasteiger partial charge in [0.1, 0.15) is 23.0 Å². The number of fused-ring (bicyclic) bond motifs is 8. The summed E-state index contributed by atoms with van der Waals surface area (Å²) in [7, 11) is 0. The van der Waals surface area contributed by atoms with E-state index >= 15 is 0 Å². The van der Waals surface area contributed by atoms with Gasteiger partial charge in [-0.05, 0) is 98.5 Å². The summed E-state index contributed by atoms with van der Waals surface area (Å²) in [5.41, 5.74) is 10.3. The molecule has 336 valence electrons. The monoisotopic (exact) mass is 964 g/mol. The first-order valence-electron chi connectivity index (χ1n) is 21.5. The zero-order chi connectivity index (χ0) is 47.3. The molecule has 8 aromatic carbocycles. The first kappa shape index (κ1) is 46.2. The SMILES string of the molecule is Cc1ccc(C=Nc2cc3c(O)c(c2)Sc2cc(N=Cc4ccc(C)cc4)cc(c2O)Sc2cc(N=Cc4ccc(C)cc4)cc(c2O)Sc2cc(N=Cc4ccc(C)cc4)cc(c2O)S3)cc1. The van der Waals surface area contributed by atoms with Crippen molar-refractivity contribution in [2.45, 2.75) is 66.9 Å². The first-order chi connectivity index (χ1) is 32.9. The Morgan fingerprint density at radius 2 is 0.441 bits per heavy atom. The Kier molecular flexibility index (Phi) is 13.9. The van der Waals surface area contributed by atoms with E-state index in [4.69, 9.17) is 20.0 Å². The summed E-state index contributed by atoms with van der Waals surface area (Å²) in [5, 5.41) is 48.7. The molecule has 8 nitrogen and oxygen atoms in total. The number of aryl methyl sites for hydroxylation is 4. The molecule has 1 aliphatic heterocycles. The number of phenols is 4. The van der Waals surface area contributed by atoms with Crippen molar-refractivity contribution in [2.75, 3.05) is 0 Å². The number of hydrogen-bond donors (Lipinski definition) is 4. The summed E-state index contributed by atoms with van der Waals surface area (Å²) >= 11 is 4.63. The number of rotatable bonds is 8. The number of aromatic hydroxyl groups is 4. The quantitative estimate of drug-likeness (QED) is 0.111. The van der Waals surface area contributed by atoms with Gasteiger partial charge in [0.05, 0.1) is 61.9 Å². The van der Waals surface area contributed by atoms with Crippen LogP contribution in [0.5, 0.6) is 23.0 Å². The van der Waals surface area contributed by atoms with E-state index < -0.39 is 0 Å². The molecule has 0 spiro atoms. The van der Waals surface area contributed by atoms with Crippen LogP contribution in [0, 0.1) is 27.7 Å². The normalized spacial score (nSPS) is 12.8. The molecule has 0 amide bonds. The molecule has 0 radical (unpaired) electrons. The van der Waals surface area contributed by atoms with Crippen LogP contribution in [-0.4, -0.2) is 45.3 Å². The van der Waals surface area contributed by atoms with Gasteiger partial charge in [0.2, 0.25) is 0 Å². The van der Waals surface area contributed by atoms with Crippen LogP contribution in [-0.2, 0) is 0 Å². The molecule has 1 heterocycles. The lowest BCUT2D eigenvalue weighted by Crippen LogP contribution is -1.88. The maximum absolute atomic E-state index is 12.2. The molecule has 0 atom stereocenters. The molecule has 4 N–H and O–H groups in total. The number of phenolic OH excluding ortho intramolecular Hbond substituents is 4. The summed E-state index contributed by atoms with van der Waals surface area (Å²) in [4.78, 5) is 22.7. The second kappa shape index (κ2) is 20.5. The smallest absolute Gasteiger partial charge is 0.143 e. The van der Waals surface area contributed by atoms with Crippen molar-refractivity contribution in [3.8, 4) is 23.0 Å². The standard InChI is InChI=1S/C56H44N4O4S4/c1-33-5-13-37(14-6-33)29-57-41-21-45-53(61)46(22-41)66-48-24-43(59-31-39-17-9-35(3)10-18-39)26-50(55(48)63)68-52-28-44(60-32-40-19-11-36(4)12-20-40)27-51(56(52)64)67-49-25-42(23-47(65-45)54(49)62)58-30-38-15-7-34(2)8-16-38/h5-32,61-64H,1-4H3. The van der Waals surface area contributed by atoms with Crippen LogP contribution in [0.3, 0.4) is 0 Å². The highest BCUT2D eigenvalue weighted by Crippen LogP contribution is 2.55. The van der Waals surface area contributed by atoms with Gasteiger partial charge in [-0.1, -0.05) is 166 Å². The predicted molar refractivity (Wildman–Crippen MR) is 283 cm³/mol. The van der Waals surface area contributed by atoms with Crippen LogP contribution >= 0.6 is 47.0 Å². The van der Waals surface area contributed by atoms with Gasteiger partial charge < -0.3 is 20.4 Å². The third-order valence-electron chi connectivity index (χ3n) is 10.7. The van der Waals surface area contributed by atoms with Crippen molar-refractivity contribution in [1.29, 1.82) is 0 Å². The van der Waals surface area contributed by atoms with Crippen LogP contribution in [0.1, 0.15) is 44.5 Å². The zero-order valence-electron chi connectivity index (χ0n) is 37.4. The highest BCUT2D eigenvalue weighted by molar-refractivity contribution is 8.01. The van der Waals surface area contributed by atoms with Gasteiger partial charge in [-0.2, -0.15) is 0 Å². The van der Waals surface area contributed by atoms with Crippen LogP contribution in [0.4, 0.5) is 22.7 Å². The fourth-order valence-electron chi connectivity index (χ4n) is 6.87. The molecule has 1 aliphatic rings. The molecule has 12 heteroatoms. The van der Waals surface area contributed by atoms with E-state index in [2.05, 4.69) is 0 Å². The van der Waals surface area contributed by atoms with Crippen molar-refractivity contribution in [3.05, 3.63) is 190 Å². The van der Waals surface area contributed by atoms with E-state index in [1.54, 1.807) is 73.4 Å². The Morgan fingerprint density at radius 1 is 0.279 bits per heavy atom. The van der Waals surface area contributed by atoms with Crippen molar-refractivity contribution in [2.24, 2.45) is 20.0 Å². The summed E-state index contributed by atoms with van der Waals surface area (Å²) < 4.78 is 0. The molecule has 8 aromatic rings. The minimum absolute atomic E-state index is 0.0651. The van der Waals surface area contributed by atoms with E-state index in [1.165, 1.54) is 0 Å². The Balaban J connectivity index is 1.24. The predicted octanol–water partition coefficient (Wildman–Crippen LogP) is 15.7. The lowest BCUT2D eigenvalue weighted by molar-refractivity contribution is 0.444. The molecular weight excluding hydrogens is 921 g/mol. The van der Waals surface area contributed by atoms with E-state index in [1.807, 2.05) is 125 Å². The van der Waals surface area contributed by atoms with E-state index in [0.717, 1.165) is 91.6 Å². The van der Waals surface area contributed by atoms with Crippen LogP contribution in [0.25, 0.3) is 0 Å². The lowest BCUT2D eigenvalue weighted by Gasteiger charge is -2.17. The fourth-order valence-corrected chi connectivity index (χ4v) is 11.2. The van der Waals surface area contributed by atoms with Crippen molar-refractivity contribution >= 4 is 94.7 Å². The van der Waals surface area contributed by atoms with Gasteiger partial charge >= 0.3 is 0 Å². The summed E-state index contributed by atoms with van der Waals surface area (Å²) in [6.07, 6.45) is 7.05. The molecule has 0 saturated heterocycles. The largest absolute Gasteiger partial charge is 0.506 e. The second-order valence-corrected chi connectivity index (χ2v) is 20.6. The Labute approximate surface area is 412 Å². The third kappa shape index (κ3) is 11.2. The van der Waals surface area contributed by atoms with E-state index in [0.29, 0.717) is 61.9 Å². The summed E-state index contributed by atoms with van der Waals surface area (Å²) in [6, 6.07) is 46.2. The molecule has 0 saturated carbocycles. The molecule has 0 aliphatic carbocycles. The Morgan fingerprint density at radius 3 is 0.603 bits per heavy atom. The van der Waals surface area contributed by atoms with Gasteiger partial charge in [0.25, 0.3) is 0 Å². The van der Waals surface area contributed by atoms with Crippen LogP contribution in [0.2, 0.25) is 0 Å². The lowest BCUT2D eigenvalue weighted by atomic mass is 10.2. The van der Waals surface area contributed by atoms with Gasteiger partial charge in [0.15, 0.2) is 0 Å². The number of nitrogens with zero attached hydrogens (tertiary/aromatic N) is 4. The first-order valence-corrected chi connectivity index (χ1v) is 24.8. The maximum atomic E-state index is 12.2. The average molecular weight is 965 g/mol. The van der Waals surface area contributed by atoms with E-state index in [9.17, 15) is 20.4 Å². The highest BCUT2D eigenvalue weighted by Gasteiger charge is 2.23. The van der Waals surface area contributed by atoms with Gasteiger partial charge in [-0.3, -0.25) is 20.0 Å². The molecule has 9 rings (SSSR count). The fraction of sp³-hybridized carbons (Fsp3) is 0.0714. The minimum atomic E-state index is -0.0651. The van der Waals surface area contributed by atoms with Gasteiger partial charge in [0, 0.05) is 24.9 Å². The zero-order valence-corrected chi connectivity index (χ0v) is 40.6. The minimum Gasteiger partial charge on any atom is -0.506 e. The average Bonchev–Trinajstić information content (AvgIpc) is 3.33. The number of aliphatic imine (C=N–C) groups is 4. The second-order valence-electron chi connectivity index (χ2n) is 16.2. The van der Waals surface area contributed by atoms with Crippen molar-refractivity contribution in [3.63, 3.8) is 0 Å². The van der Waals surface area contributed by atoms with E-state index in [-0.39, 0.29) is 23.0 Å². The van der Waals surface area contributed by atoms with Crippen molar-refractivity contribution < 1.29 is 20.4 Å². The van der Waals surface area contributed by atoms with Crippen LogP contribution in [0.15, 0.2) is 205 Å². The molecule has 0 fully saturated rings.